The van der Waals surface area contributed by atoms with Crippen LogP contribution >= 0.6 is 23.4 Å². The number of rotatable bonds is 7. The van der Waals surface area contributed by atoms with Crippen LogP contribution in [0.5, 0.6) is 0 Å². The highest BCUT2D eigenvalue weighted by Crippen LogP contribution is 2.19. The molecule has 0 heterocycles. The third-order valence-electron chi connectivity index (χ3n) is 2.52. The smallest absolute Gasteiger partial charge is 0.123 e. The number of halogens is 2. The summed E-state index contributed by atoms with van der Waals surface area (Å²) in [5.74, 6) is 0.787. The van der Waals surface area contributed by atoms with Crippen molar-refractivity contribution < 1.29 is 4.39 Å². The van der Waals surface area contributed by atoms with Gasteiger partial charge in [0.1, 0.15) is 5.82 Å². The molecule has 1 N–H and O–H groups in total. The second kappa shape index (κ2) is 7.96. The first-order valence-corrected chi connectivity index (χ1v) is 7.60. The monoisotopic (exact) mass is 275 g/mol. The minimum atomic E-state index is -0.220. The lowest BCUT2D eigenvalue weighted by atomic mass is 10.1. The molecule has 0 saturated carbocycles. The molecular formula is C13H19ClFNS. The molecule has 1 nitrogen and oxygen atoms in total. The fraction of sp³-hybridized carbons (Fsp3) is 0.538. The first kappa shape index (κ1) is 14.8. The topological polar surface area (TPSA) is 12.0 Å². The van der Waals surface area contributed by atoms with Gasteiger partial charge < -0.3 is 5.32 Å². The molecule has 0 aliphatic rings. The van der Waals surface area contributed by atoms with Gasteiger partial charge in [0.25, 0.3) is 0 Å². The Balaban J connectivity index is 2.67. The minimum Gasteiger partial charge on any atom is -0.313 e. The molecule has 1 aromatic rings. The number of nitrogens with one attached hydrogen (secondary N) is 1. The maximum Gasteiger partial charge on any atom is 0.123 e. The zero-order chi connectivity index (χ0) is 12.7. The van der Waals surface area contributed by atoms with Crippen LogP contribution in [0, 0.1) is 5.82 Å². The number of thioether (sulfide) groups is 1. The summed E-state index contributed by atoms with van der Waals surface area (Å²) in [4.78, 5) is 0. The third kappa shape index (κ3) is 5.28. The van der Waals surface area contributed by atoms with E-state index in [0.29, 0.717) is 11.1 Å². The number of hydrogen-bond donors (Lipinski definition) is 1. The molecule has 0 amide bonds. The Hall–Kier alpha value is -0.250. The summed E-state index contributed by atoms with van der Waals surface area (Å²) in [5.41, 5.74) is 0.884. The molecule has 1 rings (SSSR count). The molecule has 1 atom stereocenters. The Morgan fingerprint density at radius 1 is 1.47 bits per heavy atom. The van der Waals surface area contributed by atoms with E-state index in [-0.39, 0.29) is 5.82 Å². The lowest BCUT2D eigenvalue weighted by molar-refractivity contribution is 0.548. The Bertz CT molecular complexity index is 346. The number of hydrogen-bond acceptors (Lipinski definition) is 2. The first-order valence-electron chi connectivity index (χ1n) is 5.83. The number of benzene rings is 1. The van der Waals surface area contributed by atoms with E-state index < -0.39 is 0 Å². The molecule has 0 aliphatic carbocycles. The summed E-state index contributed by atoms with van der Waals surface area (Å²) in [7, 11) is 0. The molecule has 0 radical (unpaired) electrons. The van der Waals surface area contributed by atoms with Crippen LogP contribution in [0.1, 0.15) is 18.9 Å². The van der Waals surface area contributed by atoms with Gasteiger partial charge in [0.15, 0.2) is 0 Å². The van der Waals surface area contributed by atoms with E-state index in [1.54, 1.807) is 17.8 Å². The van der Waals surface area contributed by atoms with Gasteiger partial charge in [-0.3, -0.25) is 0 Å². The quantitative estimate of drug-likeness (QED) is 0.813. The molecule has 0 aliphatic heterocycles. The molecule has 1 aromatic carbocycles. The van der Waals surface area contributed by atoms with E-state index in [2.05, 4.69) is 18.5 Å². The van der Waals surface area contributed by atoms with Crippen LogP contribution in [0.4, 0.5) is 4.39 Å². The van der Waals surface area contributed by atoms with Crippen LogP contribution < -0.4 is 5.32 Å². The zero-order valence-electron chi connectivity index (χ0n) is 10.3. The van der Waals surface area contributed by atoms with Crippen molar-refractivity contribution in [1.29, 1.82) is 0 Å². The Morgan fingerprint density at radius 2 is 2.24 bits per heavy atom. The van der Waals surface area contributed by atoms with Gasteiger partial charge >= 0.3 is 0 Å². The molecule has 0 fully saturated rings. The van der Waals surface area contributed by atoms with Crippen LogP contribution in [-0.4, -0.2) is 24.6 Å². The molecule has 0 spiro atoms. The van der Waals surface area contributed by atoms with E-state index in [1.807, 2.05) is 0 Å². The van der Waals surface area contributed by atoms with Crippen molar-refractivity contribution in [2.75, 3.05) is 18.6 Å². The van der Waals surface area contributed by atoms with Crippen molar-refractivity contribution in [3.63, 3.8) is 0 Å². The van der Waals surface area contributed by atoms with Crippen LogP contribution in [-0.2, 0) is 6.42 Å². The van der Waals surface area contributed by atoms with E-state index in [0.717, 1.165) is 30.7 Å². The molecular weight excluding hydrogens is 257 g/mol. The predicted octanol–water partition coefficient (Wildman–Crippen LogP) is 3.75. The average Bonchev–Trinajstić information content (AvgIpc) is 2.31. The summed E-state index contributed by atoms with van der Waals surface area (Å²) < 4.78 is 13.2. The van der Waals surface area contributed by atoms with Gasteiger partial charge in [-0.2, -0.15) is 11.8 Å². The Morgan fingerprint density at radius 3 is 2.88 bits per heavy atom. The van der Waals surface area contributed by atoms with Gasteiger partial charge in [0.05, 0.1) is 0 Å². The van der Waals surface area contributed by atoms with Gasteiger partial charge in [-0.05, 0) is 49.4 Å². The van der Waals surface area contributed by atoms with Crippen LogP contribution in [0.2, 0.25) is 5.02 Å². The van der Waals surface area contributed by atoms with Crippen molar-refractivity contribution in [1.82, 2.24) is 5.32 Å². The normalized spacial score (nSPS) is 12.7. The predicted molar refractivity (Wildman–Crippen MR) is 75.6 cm³/mol. The maximum atomic E-state index is 13.2. The van der Waals surface area contributed by atoms with Crippen molar-refractivity contribution in [3.05, 3.63) is 34.6 Å². The molecule has 0 aromatic heterocycles. The van der Waals surface area contributed by atoms with Gasteiger partial charge in [-0.25, -0.2) is 4.39 Å². The molecule has 96 valence electrons. The van der Waals surface area contributed by atoms with Gasteiger partial charge in [-0.1, -0.05) is 18.5 Å². The minimum absolute atomic E-state index is 0.220. The fourth-order valence-electron chi connectivity index (χ4n) is 1.70. The zero-order valence-corrected chi connectivity index (χ0v) is 11.9. The van der Waals surface area contributed by atoms with Crippen molar-refractivity contribution in [2.24, 2.45) is 0 Å². The first-order chi connectivity index (χ1) is 8.17. The lowest BCUT2D eigenvalue weighted by Crippen LogP contribution is -2.34. The van der Waals surface area contributed by atoms with Crippen LogP contribution in [0.25, 0.3) is 0 Å². The summed E-state index contributed by atoms with van der Waals surface area (Å²) in [6.45, 7) is 3.12. The van der Waals surface area contributed by atoms with Gasteiger partial charge in [0, 0.05) is 16.8 Å². The highest BCUT2D eigenvalue weighted by Gasteiger charge is 2.11. The van der Waals surface area contributed by atoms with Crippen molar-refractivity contribution >= 4 is 23.4 Å². The SMILES string of the molecule is CCCNC(CSC)Cc1cc(F)ccc1Cl. The van der Waals surface area contributed by atoms with E-state index >= 15 is 0 Å². The Kier molecular flexibility index (Phi) is 6.93. The van der Waals surface area contributed by atoms with Gasteiger partial charge in [0.2, 0.25) is 0 Å². The van der Waals surface area contributed by atoms with Gasteiger partial charge in [-0.15, -0.1) is 0 Å². The summed E-state index contributed by atoms with van der Waals surface area (Å²) in [5, 5.41) is 4.11. The summed E-state index contributed by atoms with van der Waals surface area (Å²) in [6.07, 6.45) is 3.95. The summed E-state index contributed by atoms with van der Waals surface area (Å²) in [6, 6.07) is 4.91. The maximum absolute atomic E-state index is 13.2. The summed E-state index contributed by atoms with van der Waals surface area (Å²) >= 11 is 7.86. The van der Waals surface area contributed by atoms with Crippen molar-refractivity contribution in [2.45, 2.75) is 25.8 Å². The Labute approximate surface area is 112 Å². The van der Waals surface area contributed by atoms with Crippen LogP contribution in [0.15, 0.2) is 18.2 Å². The largest absolute Gasteiger partial charge is 0.313 e. The second-order valence-electron chi connectivity index (χ2n) is 4.05. The van der Waals surface area contributed by atoms with E-state index in [4.69, 9.17) is 11.6 Å². The average molecular weight is 276 g/mol. The lowest BCUT2D eigenvalue weighted by Gasteiger charge is -2.18. The highest BCUT2D eigenvalue weighted by atomic mass is 35.5. The van der Waals surface area contributed by atoms with Crippen molar-refractivity contribution in [3.8, 4) is 0 Å². The third-order valence-corrected chi connectivity index (χ3v) is 3.63. The van der Waals surface area contributed by atoms with Crippen LogP contribution in [0.3, 0.4) is 0 Å². The standard InChI is InChI=1S/C13H19ClFNS/c1-3-6-16-12(9-17-2)8-10-7-11(15)4-5-13(10)14/h4-5,7,12,16H,3,6,8-9H2,1-2H3. The highest BCUT2D eigenvalue weighted by molar-refractivity contribution is 7.98. The molecule has 4 heteroatoms. The molecule has 0 saturated heterocycles. The second-order valence-corrected chi connectivity index (χ2v) is 5.36. The molecule has 0 bridgehead atoms. The molecule has 17 heavy (non-hydrogen) atoms. The molecule has 1 unspecified atom stereocenters. The van der Waals surface area contributed by atoms with E-state index in [1.165, 1.54) is 12.1 Å². The van der Waals surface area contributed by atoms with E-state index in [9.17, 15) is 4.39 Å². The fourth-order valence-corrected chi connectivity index (χ4v) is 2.54.